The van der Waals surface area contributed by atoms with Crippen LogP contribution in [0.2, 0.25) is 0 Å². The number of hydrogen-bond acceptors (Lipinski definition) is 3. The van der Waals surface area contributed by atoms with Crippen molar-refractivity contribution in [3.05, 3.63) is 35.9 Å². The van der Waals surface area contributed by atoms with Crippen molar-refractivity contribution in [2.24, 2.45) is 17.8 Å². The molecule has 1 aliphatic rings. The van der Waals surface area contributed by atoms with Crippen LogP contribution >= 0.6 is 0 Å². The zero-order valence-electron chi connectivity index (χ0n) is 12.0. The van der Waals surface area contributed by atoms with E-state index in [0.29, 0.717) is 12.8 Å². The molecule has 1 aromatic rings. The van der Waals surface area contributed by atoms with Crippen LogP contribution in [0.3, 0.4) is 0 Å². The number of hydrogen-bond donors (Lipinski definition) is 3. The highest BCUT2D eigenvalue weighted by atomic mass is 16.4. The Balaban J connectivity index is 2.07. The van der Waals surface area contributed by atoms with Crippen molar-refractivity contribution in [3.8, 4) is 0 Å². The van der Waals surface area contributed by atoms with Crippen LogP contribution in [-0.2, 0) is 9.59 Å². The maximum atomic E-state index is 12.4. The molecule has 0 bridgehead atoms. The van der Waals surface area contributed by atoms with Crippen molar-refractivity contribution in [1.82, 2.24) is 5.32 Å². The molecule has 0 radical (unpaired) electrons. The number of aliphatic hydroxyl groups is 1. The molecule has 1 aliphatic carbocycles. The Morgan fingerprint density at radius 3 is 2.43 bits per heavy atom. The Hall–Kier alpha value is -1.88. The molecule has 0 heterocycles. The van der Waals surface area contributed by atoms with Crippen LogP contribution in [0.15, 0.2) is 30.3 Å². The van der Waals surface area contributed by atoms with Crippen LogP contribution in [0.1, 0.15) is 31.4 Å². The lowest BCUT2D eigenvalue weighted by Gasteiger charge is -2.21. The quantitative estimate of drug-likeness (QED) is 0.769. The summed E-state index contributed by atoms with van der Waals surface area (Å²) in [6.07, 6.45) is 1.11. The van der Waals surface area contributed by atoms with E-state index >= 15 is 0 Å². The van der Waals surface area contributed by atoms with Gasteiger partial charge in [-0.05, 0) is 24.3 Å². The third-order valence-electron chi connectivity index (χ3n) is 4.15. The minimum Gasteiger partial charge on any atom is -0.481 e. The lowest BCUT2D eigenvalue weighted by Crippen LogP contribution is -2.38. The van der Waals surface area contributed by atoms with Crippen LogP contribution < -0.4 is 5.32 Å². The number of rotatable bonds is 5. The smallest absolute Gasteiger partial charge is 0.307 e. The van der Waals surface area contributed by atoms with Gasteiger partial charge in [0.2, 0.25) is 5.91 Å². The monoisotopic (exact) mass is 291 g/mol. The van der Waals surface area contributed by atoms with Gasteiger partial charge in [-0.1, -0.05) is 37.3 Å². The second-order valence-electron chi connectivity index (χ2n) is 5.78. The standard InChI is InChI=1S/C16H21NO4/c1-10-7-12(13(8-10)16(20)21)15(19)17-14(9-18)11-5-3-2-4-6-11/h2-6,10,12-14,18H,7-9H2,1H3,(H,17,19)(H,20,21)/t10?,12-,13+,14?/m0/s1. The first-order valence-electron chi connectivity index (χ1n) is 7.22. The van der Waals surface area contributed by atoms with Crippen molar-refractivity contribution in [2.45, 2.75) is 25.8 Å². The largest absolute Gasteiger partial charge is 0.481 e. The second kappa shape index (κ2) is 6.72. The fourth-order valence-corrected chi connectivity index (χ4v) is 3.05. The van der Waals surface area contributed by atoms with Gasteiger partial charge in [0.1, 0.15) is 0 Å². The van der Waals surface area contributed by atoms with Crippen LogP contribution in [0, 0.1) is 17.8 Å². The molecule has 5 heteroatoms. The molecule has 0 spiro atoms. The molecule has 0 aliphatic heterocycles. The average Bonchev–Trinajstić information content (AvgIpc) is 2.88. The molecule has 21 heavy (non-hydrogen) atoms. The van der Waals surface area contributed by atoms with Crippen molar-refractivity contribution >= 4 is 11.9 Å². The maximum absolute atomic E-state index is 12.4. The molecular weight excluding hydrogens is 270 g/mol. The molecule has 1 amide bonds. The molecule has 114 valence electrons. The van der Waals surface area contributed by atoms with Gasteiger partial charge in [0.05, 0.1) is 24.5 Å². The van der Waals surface area contributed by atoms with Crippen LogP contribution in [0.5, 0.6) is 0 Å². The molecule has 2 rings (SSSR count). The van der Waals surface area contributed by atoms with E-state index in [2.05, 4.69) is 5.32 Å². The van der Waals surface area contributed by atoms with E-state index < -0.39 is 23.8 Å². The number of aliphatic carboxylic acids is 1. The van der Waals surface area contributed by atoms with E-state index in [0.717, 1.165) is 5.56 Å². The summed E-state index contributed by atoms with van der Waals surface area (Å²) in [4.78, 5) is 23.6. The van der Waals surface area contributed by atoms with E-state index in [1.54, 1.807) is 0 Å². The van der Waals surface area contributed by atoms with Crippen molar-refractivity contribution in [1.29, 1.82) is 0 Å². The summed E-state index contributed by atoms with van der Waals surface area (Å²) in [5.41, 5.74) is 0.811. The number of carbonyl (C=O) groups excluding carboxylic acids is 1. The number of carbonyl (C=O) groups is 2. The van der Waals surface area contributed by atoms with Gasteiger partial charge < -0.3 is 15.5 Å². The minimum absolute atomic E-state index is 0.213. The van der Waals surface area contributed by atoms with Gasteiger partial charge in [0.25, 0.3) is 0 Å². The molecule has 1 fully saturated rings. The highest BCUT2D eigenvalue weighted by Gasteiger charge is 2.41. The summed E-state index contributed by atoms with van der Waals surface area (Å²) in [6.45, 7) is 1.75. The Bertz CT molecular complexity index is 502. The predicted octanol–water partition coefficient (Wildman–Crippen LogP) is 1.58. The number of benzene rings is 1. The third kappa shape index (κ3) is 3.61. The summed E-state index contributed by atoms with van der Waals surface area (Å²) >= 11 is 0. The average molecular weight is 291 g/mol. The molecule has 1 aromatic carbocycles. The predicted molar refractivity (Wildman–Crippen MR) is 77.4 cm³/mol. The van der Waals surface area contributed by atoms with Crippen molar-refractivity contribution < 1.29 is 19.8 Å². The number of aliphatic hydroxyl groups excluding tert-OH is 1. The first-order valence-corrected chi connectivity index (χ1v) is 7.22. The number of carboxylic acid groups (broad SMARTS) is 1. The van der Waals surface area contributed by atoms with E-state index in [9.17, 15) is 19.8 Å². The van der Waals surface area contributed by atoms with Crippen molar-refractivity contribution in [3.63, 3.8) is 0 Å². The Morgan fingerprint density at radius 2 is 1.86 bits per heavy atom. The molecule has 0 aromatic heterocycles. The number of nitrogens with one attached hydrogen (secondary N) is 1. The summed E-state index contributed by atoms with van der Waals surface area (Å²) < 4.78 is 0. The maximum Gasteiger partial charge on any atom is 0.307 e. The Morgan fingerprint density at radius 1 is 1.24 bits per heavy atom. The molecular formula is C16H21NO4. The number of amides is 1. The highest BCUT2D eigenvalue weighted by Crippen LogP contribution is 2.36. The van der Waals surface area contributed by atoms with Gasteiger partial charge in [0, 0.05) is 0 Å². The first-order chi connectivity index (χ1) is 10.0. The lowest BCUT2D eigenvalue weighted by molar-refractivity contribution is -0.146. The normalized spacial score (nSPS) is 26.3. The lowest BCUT2D eigenvalue weighted by atomic mass is 9.94. The Kier molecular flexibility index (Phi) is 4.96. The fraction of sp³-hybridized carbons (Fsp3) is 0.500. The molecule has 5 nitrogen and oxygen atoms in total. The SMILES string of the molecule is CC1C[C@H](C(=O)NC(CO)c2ccccc2)[C@H](C(=O)O)C1. The van der Waals surface area contributed by atoms with Crippen molar-refractivity contribution in [2.75, 3.05) is 6.61 Å². The summed E-state index contributed by atoms with van der Waals surface area (Å²) in [7, 11) is 0. The topological polar surface area (TPSA) is 86.6 Å². The molecule has 3 N–H and O–H groups in total. The van der Waals surface area contributed by atoms with E-state index in [1.165, 1.54) is 0 Å². The molecule has 2 unspecified atom stereocenters. The molecule has 0 saturated heterocycles. The molecule has 4 atom stereocenters. The van der Waals surface area contributed by atoms with Crippen LogP contribution in [-0.4, -0.2) is 28.7 Å². The fourth-order valence-electron chi connectivity index (χ4n) is 3.05. The van der Waals surface area contributed by atoms with Crippen LogP contribution in [0.4, 0.5) is 0 Å². The summed E-state index contributed by atoms with van der Waals surface area (Å²) in [5, 5.41) is 21.5. The number of carboxylic acids is 1. The van der Waals surface area contributed by atoms with Gasteiger partial charge in [-0.2, -0.15) is 0 Å². The van der Waals surface area contributed by atoms with Gasteiger partial charge in [0.15, 0.2) is 0 Å². The van der Waals surface area contributed by atoms with Gasteiger partial charge in [-0.25, -0.2) is 0 Å². The zero-order chi connectivity index (χ0) is 15.4. The van der Waals surface area contributed by atoms with Crippen LogP contribution in [0.25, 0.3) is 0 Å². The van der Waals surface area contributed by atoms with E-state index in [1.807, 2.05) is 37.3 Å². The summed E-state index contributed by atoms with van der Waals surface area (Å²) in [6, 6.07) is 8.69. The van der Waals surface area contributed by atoms with Gasteiger partial charge in [-0.3, -0.25) is 9.59 Å². The van der Waals surface area contributed by atoms with E-state index in [-0.39, 0.29) is 18.4 Å². The summed E-state index contributed by atoms with van der Waals surface area (Å²) in [5.74, 6) is -2.12. The highest BCUT2D eigenvalue weighted by molar-refractivity contribution is 5.85. The first kappa shape index (κ1) is 15.5. The van der Waals surface area contributed by atoms with Gasteiger partial charge >= 0.3 is 5.97 Å². The van der Waals surface area contributed by atoms with Gasteiger partial charge in [-0.15, -0.1) is 0 Å². The minimum atomic E-state index is -0.917. The Labute approximate surface area is 124 Å². The molecule has 1 saturated carbocycles. The van der Waals surface area contributed by atoms with E-state index in [4.69, 9.17) is 0 Å². The second-order valence-corrected chi connectivity index (χ2v) is 5.78. The zero-order valence-corrected chi connectivity index (χ0v) is 12.0. The third-order valence-corrected chi connectivity index (χ3v) is 4.15.